The Hall–Kier alpha value is -3.19. The molecule has 1 saturated heterocycles. The molecule has 1 amide bonds. The third kappa shape index (κ3) is 3.86. The van der Waals surface area contributed by atoms with Crippen molar-refractivity contribution in [3.63, 3.8) is 0 Å². The van der Waals surface area contributed by atoms with Gasteiger partial charge in [0.25, 0.3) is 11.7 Å². The number of aliphatic hydroxyl groups excluding tert-OH is 1. The van der Waals surface area contributed by atoms with E-state index in [2.05, 4.69) is 0 Å². The molecular weight excluding hydrogens is 377 g/mol. The summed E-state index contributed by atoms with van der Waals surface area (Å²) < 4.78 is 23.7. The van der Waals surface area contributed by atoms with Crippen molar-refractivity contribution in [2.24, 2.45) is 0 Å². The van der Waals surface area contributed by atoms with Gasteiger partial charge in [-0.15, -0.1) is 0 Å². The predicted molar refractivity (Wildman–Crippen MR) is 105 cm³/mol. The number of methoxy groups -OCH3 is 2. The lowest BCUT2D eigenvalue weighted by Crippen LogP contribution is -2.32. The van der Waals surface area contributed by atoms with Crippen LogP contribution in [-0.2, 0) is 14.3 Å². The van der Waals surface area contributed by atoms with E-state index in [4.69, 9.17) is 9.47 Å². The van der Waals surface area contributed by atoms with Crippen molar-refractivity contribution in [2.75, 3.05) is 27.4 Å². The van der Waals surface area contributed by atoms with E-state index in [1.807, 2.05) is 6.92 Å². The fraction of sp³-hybridized carbons (Fsp3) is 0.273. The van der Waals surface area contributed by atoms with Crippen LogP contribution in [0, 0.1) is 12.7 Å². The Morgan fingerprint density at radius 1 is 1.14 bits per heavy atom. The number of aryl methyl sites for hydroxylation is 1. The molecule has 3 rings (SSSR count). The molecule has 152 valence electrons. The SMILES string of the molecule is COCCN1C(=O)C(=O)C(=C(O)c2ccc(OC)c(C)c2)[C@H]1c1ccc(F)cc1. The highest BCUT2D eigenvalue weighted by atomic mass is 19.1. The van der Waals surface area contributed by atoms with Crippen LogP contribution in [0.4, 0.5) is 4.39 Å². The predicted octanol–water partition coefficient (Wildman–Crippen LogP) is 3.21. The summed E-state index contributed by atoms with van der Waals surface area (Å²) in [5.41, 5.74) is 1.64. The minimum atomic E-state index is -0.840. The standard InChI is InChI=1S/C22H22FNO5/c1-13-12-15(6-9-17(13)29-3)20(25)18-19(14-4-7-16(23)8-5-14)24(10-11-28-2)22(27)21(18)26/h4-9,12,19,25H,10-11H2,1-3H3/t19-/m1/s1. The largest absolute Gasteiger partial charge is 0.507 e. The zero-order chi connectivity index (χ0) is 21.1. The summed E-state index contributed by atoms with van der Waals surface area (Å²) in [6.45, 7) is 2.18. The second kappa shape index (κ2) is 8.45. The van der Waals surface area contributed by atoms with Gasteiger partial charge in [-0.1, -0.05) is 12.1 Å². The number of hydrogen-bond donors (Lipinski definition) is 1. The van der Waals surface area contributed by atoms with Gasteiger partial charge in [-0.2, -0.15) is 0 Å². The van der Waals surface area contributed by atoms with Gasteiger partial charge in [-0.25, -0.2) is 4.39 Å². The molecule has 1 heterocycles. The third-order valence-electron chi connectivity index (χ3n) is 4.93. The van der Waals surface area contributed by atoms with Crippen molar-refractivity contribution in [1.29, 1.82) is 0 Å². The zero-order valence-corrected chi connectivity index (χ0v) is 16.4. The van der Waals surface area contributed by atoms with Gasteiger partial charge >= 0.3 is 0 Å². The highest BCUT2D eigenvalue weighted by Crippen LogP contribution is 2.39. The normalized spacial score (nSPS) is 18.3. The van der Waals surface area contributed by atoms with E-state index in [1.165, 1.54) is 43.4 Å². The summed E-state index contributed by atoms with van der Waals surface area (Å²) in [6, 6.07) is 9.64. The number of nitrogens with zero attached hydrogens (tertiary/aromatic N) is 1. The number of carbonyl (C=O) groups is 2. The third-order valence-corrected chi connectivity index (χ3v) is 4.93. The number of amides is 1. The summed E-state index contributed by atoms with van der Waals surface area (Å²) in [4.78, 5) is 26.8. The average Bonchev–Trinajstić information content (AvgIpc) is 2.96. The number of ether oxygens (including phenoxy) is 2. The van der Waals surface area contributed by atoms with E-state index in [0.29, 0.717) is 16.9 Å². The van der Waals surface area contributed by atoms with Crippen molar-refractivity contribution >= 4 is 17.4 Å². The Labute approximate surface area is 168 Å². The van der Waals surface area contributed by atoms with Gasteiger partial charge in [-0.3, -0.25) is 9.59 Å². The minimum Gasteiger partial charge on any atom is -0.507 e. The number of aliphatic hydroxyl groups is 1. The van der Waals surface area contributed by atoms with E-state index in [9.17, 15) is 19.1 Å². The van der Waals surface area contributed by atoms with Crippen molar-refractivity contribution in [3.8, 4) is 5.75 Å². The molecule has 7 heteroatoms. The lowest BCUT2D eigenvalue weighted by atomic mass is 9.95. The molecule has 1 aliphatic rings. The molecule has 1 fully saturated rings. The van der Waals surface area contributed by atoms with E-state index in [0.717, 1.165) is 5.56 Å². The van der Waals surface area contributed by atoms with Gasteiger partial charge in [0.2, 0.25) is 0 Å². The van der Waals surface area contributed by atoms with Crippen LogP contribution in [0.5, 0.6) is 5.75 Å². The van der Waals surface area contributed by atoms with E-state index in [1.54, 1.807) is 18.2 Å². The molecule has 1 N–H and O–H groups in total. The van der Waals surface area contributed by atoms with Crippen LogP contribution in [0.2, 0.25) is 0 Å². The van der Waals surface area contributed by atoms with Crippen LogP contribution in [0.25, 0.3) is 5.76 Å². The van der Waals surface area contributed by atoms with Gasteiger partial charge in [-0.05, 0) is 48.4 Å². The van der Waals surface area contributed by atoms with Crippen molar-refractivity contribution in [1.82, 2.24) is 4.90 Å². The molecule has 0 saturated carbocycles. The maximum atomic E-state index is 13.4. The molecule has 1 aliphatic heterocycles. The molecule has 2 aromatic rings. The number of halogens is 1. The molecular formula is C22H22FNO5. The summed E-state index contributed by atoms with van der Waals surface area (Å²) >= 11 is 0. The number of benzene rings is 2. The molecule has 2 aromatic carbocycles. The van der Waals surface area contributed by atoms with Gasteiger partial charge in [0.15, 0.2) is 0 Å². The van der Waals surface area contributed by atoms with Gasteiger partial charge < -0.3 is 19.5 Å². The Kier molecular flexibility index (Phi) is 5.98. The second-order valence-corrected chi connectivity index (χ2v) is 6.72. The molecule has 6 nitrogen and oxygen atoms in total. The molecule has 0 bridgehead atoms. The highest BCUT2D eigenvalue weighted by molar-refractivity contribution is 6.46. The van der Waals surface area contributed by atoms with E-state index < -0.39 is 23.5 Å². The van der Waals surface area contributed by atoms with Gasteiger partial charge in [0.1, 0.15) is 17.3 Å². The fourth-order valence-corrected chi connectivity index (χ4v) is 3.47. The van der Waals surface area contributed by atoms with E-state index in [-0.39, 0.29) is 24.5 Å². The van der Waals surface area contributed by atoms with Crippen molar-refractivity contribution < 1.29 is 28.6 Å². The first-order valence-corrected chi connectivity index (χ1v) is 9.06. The summed E-state index contributed by atoms with van der Waals surface area (Å²) in [5, 5.41) is 11.0. The van der Waals surface area contributed by atoms with Crippen LogP contribution >= 0.6 is 0 Å². The van der Waals surface area contributed by atoms with Crippen LogP contribution in [0.3, 0.4) is 0 Å². The first kappa shape index (κ1) is 20.5. The first-order valence-electron chi connectivity index (χ1n) is 9.06. The number of ketones is 1. The number of carbonyl (C=O) groups excluding carboxylic acids is 2. The Morgan fingerprint density at radius 3 is 2.41 bits per heavy atom. The van der Waals surface area contributed by atoms with Crippen molar-refractivity contribution in [3.05, 3.63) is 70.5 Å². The van der Waals surface area contributed by atoms with Gasteiger partial charge in [0.05, 0.1) is 25.3 Å². The number of rotatable bonds is 6. The first-order chi connectivity index (χ1) is 13.9. The maximum absolute atomic E-state index is 13.4. The zero-order valence-electron chi connectivity index (χ0n) is 16.4. The van der Waals surface area contributed by atoms with Crippen LogP contribution in [0.1, 0.15) is 22.7 Å². The monoisotopic (exact) mass is 399 g/mol. The Balaban J connectivity index is 2.15. The fourth-order valence-electron chi connectivity index (χ4n) is 3.47. The number of Topliss-reactive ketones (excluding diaryl/α,β-unsaturated/α-hetero) is 1. The van der Waals surface area contributed by atoms with Crippen LogP contribution in [0.15, 0.2) is 48.0 Å². The Bertz CT molecular complexity index is 968. The Morgan fingerprint density at radius 2 is 1.83 bits per heavy atom. The summed E-state index contributed by atoms with van der Waals surface area (Å²) in [7, 11) is 3.03. The second-order valence-electron chi connectivity index (χ2n) is 6.72. The lowest BCUT2D eigenvalue weighted by Gasteiger charge is -2.25. The van der Waals surface area contributed by atoms with Crippen LogP contribution in [-0.4, -0.2) is 49.1 Å². The summed E-state index contributed by atoms with van der Waals surface area (Å²) in [5.74, 6) is -1.61. The molecule has 1 atom stereocenters. The van der Waals surface area contributed by atoms with E-state index >= 15 is 0 Å². The number of hydrogen-bond acceptors (Lipinski definition) is 5. The highest BCUT2D eigenvalue weighted by Gasteiger charge is 2.45. The number of likely N-dealkylation sites (tertiary alicyclic amines) is 1. The topological polar surface area (TPSA) is 76.1 Å². The molecule has 29 heavy (non-hydrogen) atoms. The smallest absolute Gasteiger partial charge is 0.295 e. The molecule has 0 radical (unpaired) electrons. The molecule has 0 aromatic heterocycles. The minimum absolute atomic E-state index is 0.0396. The molecule has 0 spiro atoms. The van der Waals surface area contributed by atoms with Gasteiger partial charge in [0, 0.05) is 19.2 Å². The maximum Gasteiger partial charge on any atom is 0.295 e. The average molecular weight is 399 g/mol. The quantitative estimate of drug-likeness (QED) is 0.459. The van der Waals surface area contributed by atoms with Crippen molar-refractivity contribution in [2.45, 2.75) is 13.0 Å². The lowest BCUT2D eigenvalue weighted by molar-refractivity contribution is -0.140. The molecule has 0 unspecified atom stereocenters. The summed E-state index contributed by atoms with van der Waals surface area (Å²) in [6.07, 6.45) is 0. The van der Waals surface area contributed by atoms with Crippen LogP contribution < -0.4 is 4.74 Å². The molecule has 0 aliphatic carbocycles.